The number of esters is 1. The predicted molar refractivity (Wildman–Crippen MR) is 77.8 cm³/mol. The lowest BCUT2D eigenvalue weighted by molar-refractivity contribution is -0.385. The van der Waals surface area contributed by atoms with Crippen LogP contribution in [0, 0.1) is 21.8 Å². The predicted octanol–water partition coefficient (Wildman–Crippen LogP) is 2.89. The van der Waals surface area contributed by atoms with Crippen molar-refractivity contribution < 1.29 is 23.6 Å². The number of hydrogen-bond donors (Lipinski definition) is 0. The van der Waals surface area contributed by atoms with Crippen LogP contribution in [0.1, 0.15) is 5.56 Å². The molecule has 1 atom stereocenters. The van der Waals surface area contributed by atoms with Gasteiger partial charge in [-0.25, -0.2) is 4.39 Å². The molecule has 0 aliphatic carbocycles. The van der Waals surface area contributed by atoms with Gasteiger partial charge in [0.25, 0.3) is 0 Å². The lowest BCUT2D eigenvalue weighted by Gasteiger charge is -2.23. The summed E-state index contributed by atoms with van der Waals surface area (Å²) in [6, 6.07) is 10.0. The molecule has 0 aromatic heterocycles. The highest BCUT2D eigenvalue weighted by molar-refractivity contribution is 5.77. The minimum absolute atomic E-state index is 0.110. The molecule has 0 N–H and O–H groups in total. The largest absolute Gasteiger partial charge is 0.492 e. The van der Waals surface area contributed by atoms with E-state index in [9.17, 15) is 19.3 Å². The van der Waals surface area contributed by atoms with Crippen LogP contribution in [-0.4, -0.2) is 17.5 Å². The van der Waals surface area contributed by atoms with Gasteiger partial charge in [-0.1, -0.05) is 18.2 Å². The third kappa shape index (κ3) is 3.13. The molecule has 1 unspecified atom stereocenters. The van der Waals surface area contributed by atoms with E-state index in [0.29, 0.717) is 12.2 Å². The number of nitro groups is 1. The zero-order valence-corrected chi connectivity index (χ0v) is 11.9. The van der Waals surface area contributed by atoms with E-state index in [1.165, 1.54) is 0 Å². The maximum Gasteiger partial charge on any atom is 0.318 e. The van der Waals surface area contributed by atoms with Gasteiger partial charge < -0.3 is 9.47 Å². The van der Waals surface area contributed by atoms with Crippen molar-refractivity contribution in [3.05, 3.63) is 64.0 Å². The van der Waals surface area contributed by atoms with Crippen LogP contribution in [0.3, 0.4) is 0 Å². The number of halogens is 1. The molecular weight excluding hydrogens is 305 g/mol. The first-order valence-corrected chi connectivity index (χ1v) is 6.91. The van der Waals surface area contributed by atoms with Gasteiger partial charge in [-0.2, -0.15) is 0 Å². The fourth-order valence-electron chi connectivity index (χ4n) is 2.39. The Bertz CT molecular complexity index is 777. The maximum absolute atomic E-state index is 13.3. The summed E-state index contributed by atoms with van der Waals surface area (Å²) in [5.74, 6) is -1.71. The van der Waals surface area contributed by atoms with Crippen LogP contribution >= 0.6 is 0 Å². The van der Waals surface area contributed by atoms with Crippen LogP contribution in [-0.2, 0) is 11.2 Å². The van der Waals surface area contributed by atoms with E-state index < -0.39 is 34.1 Å². The summed E-state index contributed by atoms with van der Waals surface area (Å²) in [7, 11) is 0. The molecule has 0 spiro atoms. The Labute approximate surface area is 130 Å². The van der Waals surface area contributed by atoms with Crippen LogP contribution in [0.5, 0.6) is 11.5 Å². The average molecular weight is 317 g/mol. The Morgan fingerprint density at radius 3 is 2.87 bits per heavy atom. The lowest BCUT2D eigenvalue weighted by atomic mass is 9.97. The van der Waals surface area contributed by atoms with Gasteiger partial charge in [0, 0.05) is 12.1 Å². The fourth-order valence-corrected chi connectivity index (χ4v) is 2.39. The van der Waals surface area contributed by atoms with Crippen molar-refractivity contribution in [1.29, 1.82) is 0 Å². The van der Waals surface area contributed by atoms with E-state index >= 15 is 0 Å². The molecule has 23 heavy (non-hydrogen) atoms. The topological polar surface area (TPSA) is 78.7 Å². The van der Waals surface area contributed by atoms with E-state index in [-0.39, 0.29) is 6.61 Å². The molecule has 0 amide bonds. The van der Waals surface area contributed by atoms with Crippen molar-refractivity contribution in [2.45, 2.75) is 6.42 Å². The highest BCUT2D eigenvalue weighted by atomic mass is 19.1. The highest BCUT2D eigenvalue weighted by Gasteiger charge is 2.29. The fraction of sp³-hybridized carbons (Fsp3) is 0.188. The number of carbonyl (C=O) groups excluding carboxylic acids is 1. The minimum atomic E-state index is -0.727. The second kappa shape index (κ2) is 6.04. The van der Waals surface area contributed by atoms with E-state index in [2.05, 4.69) is 0 Å². The van der Waals surface area contributed by atoms with E-state index in [4.69, 9.17) is 9.47 Å². The van der Waals surface area contributed by atoms with Gasteiger partial charge in [0.05, 0.1) is 10.8 Å². The molecule has 0 fully saturated rings. The molecule has 1 heterocycles. The summed E-state index contributed by atoms with van der Waals surface area (Å²) in [6.45, 7) is 0.110. The third-order valence-electron chi connectivity index (χ3n) is 3.54. The highest BCUT2D eigenvalue weighted by Crippen LogP contribution is 2.31. The van der Waals surface area contributed by atoms with Crippen molar-refractivity contribution in [2.24, 2.45) is 5.92 Å². The van der Waals surface area contributed by atoms with Gasteiger partial charge in [-0.05, 0) is 24.1 Å². The number of rotatable bonds is 3. The summed E-state index contributed by atoms with van der Waals surface area (Å²) < 4.78 is 23.8. The number of carbonyl (C=O) groups is 1. The van der Waals surface area contributed by atoms with Gasteiger partial charge >= 0.3 is 11.7 Å². The average Bonchev–Trinajstić information content (AvgIpc) is 2.54. The molecule has 7 heteroatoms. The summed E-state index contributed by atoms with van der Waals surface area (Å²) in [5.41, 5.74) is 0.395. The molecule has 3 rings (SSSR count). The first-order valence-electron chi connectivity index (χ1n) is 6.91. The molecule has 2 aromatic rings. The maximum atomic E-state index is 13.3. The zero-order valence-electron chi connectivity index (χ0n) is 11.9. The van der Waals surface area contributed by atoms with Gasteiger partial charge in [0.1, 0.15) is 18.2 Å². The Morgan fingerprint density at radius 1 is 1.30 bits per heavy atom. The molecule has 0 radical (unpaired) electrons. The monoisotopic (exact) mass is 317 g/mol. The lowest BCUT2D eigenvalue weighted by Crippen LogP contribution is -2.31. The van der Waals surface area contributed by atoms with Gasteiger partial charge in [-0.15, -0.1) is 0 Å². The van der Waals surface area contributed by atoms with Gasteiger partial charge in [0.15, 0.2) is 0 Å². The Balaban J connectivity index is 1.78. The van der Waals surface area contributed by atoms with Crippen molar-refractivity contribution in [2.75, 3.05) is 6.61 Å². The smallest absolute Gasteiger partial charge is 0.318 e. The van der Waals surface area contributed by atoms with E-state index in [1.54, 1.807) is 6.07 Å². The molecule has 0 saturated carbocycles. The molecule has 118 valence electrons. The first-order chi connectivity index (χ1) is 11.0. The van der Waals surface area contributed by atoms with Crippen molar-refractivity contribution in [3.8, 4) is 11.5 Å². The third-order valence-corrected chi connectivity index (χ3v) is 3.54. The van der Waals surface area contributed by atoms with Crippen LogP contribution in [0.25, 0.3) is 0 Å². The van der Waals surface area contributed by atoms with Crippen molar-refractivity contribution >= 4 is 11.7 Å². The number of nitro benzene ring substituents is 1. The summed E-state index contributed by atoms with van der Waals surface area (Å²) >= 11 is 0. The second-order valence-corrected chi connectivity index (χ2v) is 5.11. The molecule has 2 aromatic carbocycles. The normalized spacial score (nSPS) is 16.1. The van der Waals surface area contributed by atoms with Crippen LogP contribution < -0.4 is 9.47 Å². The number of ether oxygens (including phenoxy) is 2. The number of para-hydroxylation sites is 1. The van der Waals surface area contributed by atoms with Crippen molar-refractivity contribution in [3.63, 3.8) is 0 Å². The van der Waals surface area contributed by atoms with Crippen LogP contribution in [0.4, 0.5) is 10.1 Å². The number of benzene rings is 2. The van der Waals surface area contributed by atoms with E-state index in [1.807, 2.05) is 18.2 Å². The SMILES string of the molecule is O=C(Oc1cc(F)ccc1[N+](=O)[O-])C1COc2ccccc2C1. The number of nitrogens with zero attached hydrogens (tertiary/aromatic N) is 1. The number of fused-ring (bicyclic) bond motifs is 1. The summed E-state index contributed by atoms with van der Waals surface area (Å²) in [4.78, 5) is 22.4. The molecular formula is C16H12FNO5. The quantitative estimate of drug-likeness (QED) is 0.376. The summed E-state index contributed by atoms with van der Waals surface area (Å²) in [5, 5.41) is 10.9. The van der Waals surface area contributed by atoms with Crippen LogP contribution in [0.2, 0.25) is 0 Å². The molecule has 1 aliphatic rings. The molecule has 0 bridgehead atoms. The van der Waals surface area contributed by atoms with Gasteiger partial charge in [-0.3, -0.25) is 14.9 Å². The number of hydrogen-bond acceptors (Lipinski definition) is 5. The second-order valence-electron chi connectivity index (χ2n) is 5.11. The van der Waals surface area contributed by atoms with Crippen molar-refractivity contribution in [1.82, 2.24) is 0 Å². The minimum Gasteiger partial charge on any atom is -0.492 e. The first kappa shape index (κ1) is 15.0. The molecule has 1 aliphatic heterocycles. The van der Waals surface area contributed by atoms with E-state index in [0.717, 1.165) is 23.8 Å². The Hall–Kier alpha value is -2.96. The molecule has 0 saturated heterocycles. The van der Waals surface area contributed by atoms with Crippen LogP contribution in [0.15, 0.2) is 42.5 Å². The van der Waals surface area contributed by atoms with Gasteiger partial charge in [0.2, 0.25) is 5.75 Å². The molecule has 6 nitrogen and oxygen atoms in total. The zero-order chi connectivity index (χ0) is 16.4. The Morgan fingerprint density at radius 2 is 2.09 bits per heavy atom. The standard InChI is InChI=1S/C16H12FNO5/c17-12-5-6-13(18(20)21)15(8-12)23-16(19)11-7-10-3-1-2-4-14(10)22-9-11/h1-6,8,11H,7,9H2. The Kier molecular flexibility index (Phi) is 3.92. The summed E-state index contributed by atoms with van der Waals surface area (Å²) in [6.07, 6.45) is 0.401.